The third-order valence-electron chi connectivity index (χ3n) is 3.32. The molecule has 2 aromatic carbocycles. The number of aryl methyl sites for hydroxylation is 1. The van der Waals surface area contributed by atoms with Gasteiger partial charge in [0.15, 0.2) is 0 Å². The molecule has 0 aliphatic rings. The lowest BCUT2D eigenvalue weighted by Gasteiger charge is -2.06. The molecule has 0 bridgehead atoms. The maximum atomic E-state index is 12.1. The molecule has 1 amide bonds. The van der Waals surface area contributed by atoms with E-state index < -0.39 is 0 Å². The highest BCUT2D eigenvalue weighted by Crippen LogP contribution is 2.21. The number of amides is 1. The van der Waals surface area contributed by atoms with E-state index in [-0.39, 0.29) is 5.91 Å². The first kappa shape index (κ1) is 13.1. The minimum atomic E-state index is -0.159. The molecule has 21 heavy (non-hydrogen) atoms. The Bertz CT molecular complexity index is 745. The number of aromatic nitrogens is 2. The van der Waals surface area contributed by atoms with Gasteiger partial charge in [0.25, 0.3) is 5.91 Å². The predicted molar refractivity (Wildman–Crippen MR) is 83.2 cm³/mol. The van der Waals surface area contributed by atoms with E-state index in [1.165, 1.54) is 6.20 Å². The summed E-state index contributed by atoms with van der Waals surface area (Å²) in [5, 5.41) is 9.47. The van der Waals surface area contributed by atoms with E-state index in [0.717, 1.165) is 22.5 Å². The molecule has 0 unspecified atom stereocenters. The van der Waals surface area contributed by atoms with Crippen LogP contribution < -0.4 is 5.32 Å². The number of anilines is 1. The summed E-state index contributed by atoms with van der Waals surface area (Å²) < 4.78 is 0. The second-order valence-electron chi connectivity index (χ2n) is 4.81. The fraction of sp³-hybridized carbons (Fsp3) is 0.0588. The summed E-state index contributed by atoms with van der Waals surface area (Å²) in [6.45, 7) is 1.82. The van der Waals surface area contributed by atoms with E-state index in [2.05, 4.69) is 27.6 Å². The number of H-pyrrole nitrogens is 1. The standard InChI is InChI=1S/C17H15N3O/c1-12-16(11-18-20-12)17(21)19-15-9-7-14(8-10-15)13-5-3-2-4-6-13/h2-11H,1H3,(H,18,20)(H,19,21). The van der Waals surface area contributed by atoms with Crippen molar-refractivity contribution in [3.8, 4) is 11.1 Å². The van der Waals surface area contributed by atoms with Crippen molar-refractivity contribution in [2.75, 3.05) is 5.32 Å². The summed E-state index contributed by atoms with van der Waals surface area (Å²) in [6.07, 6.45) is 1.53. The second-order valence-corrected chi connectivity index (χ2v) is 4.81. The van der Waals surface area contributed by atoms with Crippen LogP contribution in [0.1, 0.15) is 16.1 Å². The number of aromatic amines is 1. The van der Waals surface area contributed by atoms with E-state index >= 15 is 0 Å². The summed E-state index contributed by atoms with van der Waals surface area (Å²) in [5.41, 5.74) is 4.35. The molecule has 104 valence electrons. The third-order valence-corrected chi connectivity index (χ3v) is 3.32. The van der Waals surface area contributed by atoms with Crippen LogP contribution in [0.25, 0.3) is 11.1 Å². The van der Waals surface area contributed by atoms with Crippen LogP contribution in [0.4, 0.5) is 5.69 Å². The van der Waals surface area contributed by atoms with Gasteiger partial charge >= 0.3 is 0 Å². The molecule has 1 heterocycles. The van der Waals surface area contributed by atoms with Crippen molar-refractivity contribution < 1.29 is 4.79 Å². The Balaban J connectivity index is 1.76. The summed E-state index contributed by atoms with van der Waals surface area (Å²) >= 11 is 0. The summed E-state index contributed by atoms with van der Waals surface area (Å²) in [7, 11) is 0. The first-order chi connectivity index (χ1) is 10.2. The predicted octanol–water partition coefficient (Wildman–Crippen LogP) is 3.64. The highest BCUT2D eigenvalue weighted by atomic mass is 16.1. The Kier molecular flexibility index (Phi) is 3.51. The first-order valence-corrected chi connectivity index (χ1v) is 6.71. The molecule has 2 N–H and O–H groups in total. The molecule has 0 fully saturated rings. The molecule has 3 aromatic rings. The Morgan fingerprint density at radius 2 is 1.67 bits per heavy atom. The minimum Gasteiger partial charge on any atom is -0.322 e. The average Bonchev–Trinajstić information content (AvgIpc) is 2.95. The molecule has 0 atom stereocenters. The van der Waals surface area contributed by atoms with Crippen LogP contribution in [-0.4, -0.2) is 16.1 Å². The highest BCUT2D eigenvalue weighted by molar-refractivity contribution is 6.04. The van der Waals surface area contributed by atoms with E-state index in [0.29, 0.717) is 5.56 Å². The van der Waals surface area contributed by atoms with Gasteiger partial charge < -0.3 is 5.32 Å². The molecule has 0 saturated carbocycles. The number of nitrogens with zero attached hydrogens (tertiary/aromatic N) is 1. The molecular formula is C17H15N3O. The molecule has 3 rings (SSSR count). The van der Waals surface area contributed by atoms with Gasteiger partial charge in [-0.1, -0.05) is 42.5 Å². The zero-order chi connectivity index (χ0) is 14.7. The lowest BCUT2D eigenvalue weighted by Crippen LogP contribution is -2.12. The fourth-order valence-corrected chi connectivity index (χ4v) is 2.15. The van der Waals surface area contributed by atoms with Gasteiger partial charge in [0, 0.05) is 11.4 Å². The van der Waals surface area contributed by atoms with Crippen LogP contribution in [0.2, 0.25) is 0 Å². The average molecular weight is 277 g/mol. The van der Waals surface area contributed by atoms with Crippen molar-refractivity contribution in [3.63, 3.8) is 0 Å². The smallest absolute Gasteiger partial charge is 0.259 e. The van der Waals surface area contributed by atoms with Crippen molar-refractivity contribution in [2.24, 2.45) is 0 Å². The largest absolute Gasteiger partial charge is 0.322 e. The van der Waals surface area contributed by atoms with Crippen LogP contribution in [0.15, 0.2) is 60.8 Å². The zero-order valence-electron chi connectivity index (χ0n) is 11.6. The van der Waals surface area contributed by atoms with Gasteiger partial charge in [-0.15, -0.1) is 0 Å². The van der Waals surface area contributed by atoms with Gasteiger partial charge in [0.2, 0.25) is 0 Å². The number of nitrogens with one attached hydrogen (secondary N) is 2. The van der Waals surface area contributed by atoms with Crippen molar-refractivity contribution in [3.05, 3.63) is 72.1 Å². The van der Waals surface area contributed by atoms with E-state index in [4.69, 9.17) is 0 Å². The maximum Gasteiger partial charge on any atom is 0.259 e. The van der Waals surface area contributed by atoms with E-state index in [1.807, 2.05) is 49.4 Å². The van der Waals surface area contributed by atoms with Gasteiger partial charge in [-0.3, -0.25) is 9.89 Å². The van der Waals surface area contributed by atoms with Gasteiger partial charge in [-0.25, -0.2) is 0 Å². The third kappa shape index (κ3) is 2.84. The van der Waals surface area contributed by atoms with Crippen molar-refractivity contribution in [1.82, 2.24) is 10.2 Å². The number of hydrogen-bond donors (Lipinski definition) is 2. The number of rotatable bonds is 3. The summed E-state index contributed by atoms with van der Waals surface area (Å²) in [6, 6.07) is 17.9. The van der Waals surface area contributed by atoms with Crippen molar-refractivity contribution in [1.29, 1.82) is 0 Å². The number of benzene rings is 2. The topological polar surface area (TPSA) is 57.8 Å². The second kappa shape index (κ2) is 5.63. The molecule has 0 saturated heterocycles. The lowest BCUT2D eigenvalue weighted by atomic mass is 10.1. The van der Waals surface area contributed by atoms with Crippen LogP contribution in [0.3, 0.4) is 0 Å². The summed E-state index contributed by atoms with van der Waals surface area (Å²) in [4.78, 5) is 12.1. The van der Waals surface area contributed by atoms with Crippen LogP contribution in [-0.2, 0) is 0 Å². The number of hydrogen-bond acceptors (Lipinski definition) is 2. The highest BCUT2D eigenvalue weighted by Gasteiger charge is 2.10. The van der Waals surface area contributed by atoms with E-state index in [9.17, 15) is 4.79 Å². The molecule has 0 radical (unpaired) electrons. The van der Waals surface area contributed by atoms with Gasteiger partial charge in [0.1, 0.15) is 0 Å². The zero-order valence-corrected chi connectivity index (χ0v) is 11.6. The van der Waals surface area contributed by atoms with Crippen molar-refractivity contribution >= 4 is 11.6 Å². The number of carbonyl (C=O) groups excluding carboxylic acids is 1. The van der Waals surface area contributed by atoms with Gasteiger partial charge in [-0.05, 0) is 30.2 Å². The van der Waals surface area contributed by atoms with Gasteiger partial charge in [0.05, 0.1) is 11.8 Å². The quantitative estimate of drug-likeness (QED) is 0.768. The van der Waals surface area contributed by atoms with Crippen molar-refractivity contribution in [2.45, 2.75) is 6.92 Å². The molecule has 0 aliphatic heterocycles. The minimum absolute atomic E-state index is 0.159. The van der Waals surface area contributed by atoms with Crippen LogP contribution in [0.5, 0.6) is 0 Å². The lowest BCUT2D eigenvalue weighted by molar-refractivity contribution is 0.102. The molecule has 1 aromatic heterocycles. The molecule has 0 spiro atoms. The Morgan fingerprint density at radius 3 is 2.29 bits per heavy atom. The Morgan fingerprint density at radius 1 is 1.00 bits per heavy atom. The monoisotopic (exact) mass is 277 g/mol. The first-order valence-electron chi connectivity index (χ1n) is 6.71. The van der Waals surface area contributed by atoms with Crippen LogP contribution in [0, 0.1) is 6.92 Å². The summed E-state index contributed by atoms with van der Waals surface area (Å²) in [5.74, 6) is -0.159. The Labute approximate surface area is 122 Å². The maximum absolute atomic E-state index is 12.1. The number of carbonyl (C=O) groups is 1. The normalized spacial score (nSPS) is 10.3. The fourth-order valence-electron chi connectivity index (χ4n) is 2.15. The van der Waals surface area contributed by atoms with E-state index in [1.54, 1.807) is 0 Å². The SMILES string of the molecule is Cc1[nH]ncc1C(=O)Nc1ccc(-c2ccccc2)cc1. The molecule has 4 nitrogen and oxygen atoms in total. The molecule has 4 heteroatoms. The molecule has 0 aliphatic carbocycles. The van der Waals surface area contributed by atoms with Gasteiger partial charge in [-0.2, -0.15) is 5.10 Å². The van der Waals surface area contributed by atoms with Crippen LogP contribution >= 0.6 is 0 Å². The Hall–Kier alpha value is -2.88. The molecular weight excluding hydrogens is 262 g/mol.